The SMILES string of the molecule is Nc1nc(-c2cc(Cl)cs2)c(N2CC3CCNC3C2)s1. The van der Waals surface area contributed by atoms with Crippen LogP contribution in [0.1, 0.15) is 6.42 Å². The summed E-state index contributed by atoms with van der Waals surface area (Å²) in [5, 5.41) is 8.11. The molecule has 2 aromatic heterocycles. The minimum atomic E-state index is 0.623. The Morgan fingerprint density at radius 2 is 2.35 bits per heavy atom. The molecular weight excluding hydrogens is 312 g/mol. The fraction of sp³-hybridized carbons (Fsp3) is 0.462. The number of thiazole rings is 1. The van der Waals surface area contributed by atoms with E-state index in [4.69, 9.17) is 17.3 Å². The Balaban J connectivity index is 1.68. The maximum Gasteiger partial charge on any atom is 0.182 e. The van der Waals surface area contributed by atoms with Gasteiger partial charge in [-0.25, -0.2) is 4.98 Å². The molecule has 2 fully saturated rings. The molecule has 3 N–H and O–H groups in total. The van der Waals surface area contributed by atoms with Crippen LogP contribution in [0.2, 0.25) is 5.02 Å². The second-order valence-corrected chi connectivity index (χ2v) is 7.71. The van der Waals surface area contributed by atoms with Gasteiger partial charge in [-0.05, 0) is 24.9 Å². The first-order valence-electron chi connectivity index (χ1n) is 6.70. The first-order chi connectivity index (χ1) is 9.70. The van der Waals surface area contributed by atoms with Crippen LogP contribution in [0.4, 0.5) is 10.1 Å². The van der Waals surface area contributed by atoms with Crippen molar-refractivity contribution in [3.05, 3.63) is 16.5 Å². The highest BCUT2D eigenvalue weighted by Crippen LogP contribution is 2.43. The van der Waals surface area contributed by atoms with Crippen LogP contribution in [0.5, 0.6) is 0 Å². The summed E-state index contributed by atoms with van der Waals surface area (Å²) < 4.78 is 0. The Morgan fingerprint density at radius 3 is 3.10 bits per heavy atom. The van der Waals surface area contributed by atoms with Gasteiger partial charge in [0.15, 0.2) is 5.13 Å². The van der Waals surface area contributed by atoms with E-state index in [2.05, 4.69) is 15.2 Å². The number of nitrogens with one attached hydrogen (secondary N) is 1. The van der Waals surface area contributed by atoms with Crippen molar-refractivity contribution in [3.63, 3.8) is 0 Å². The fourth-order valence-corrected chi connectivity index (χ4v) is 5.15. The number of anilines is 2. The predicted molar refractivity (Wildman–Crippen MR) is 87.0 cm³/mol. The zero-order chi connectivity index (χ0) is 13.7. The van der Waals surface area contributed by atoms with Crippen molar-refractivity contribution in [2.45, 2.75) is 12.5 Å². The Hall–Kier alpha value is -0.820. The number of nitrogen functional groups attached to an aromatic ring is 1. The molecule has 0 saturated carbocycles. The van der Waals surface area contributed by atoms with Gasteiger partial charge in [-0.2, -0.15) is 0 Å². The van der Waals surface area contributed by atoms with Gasteiger partial charge >= 0.3 is 0 Å². The van der Waals surface area contributed by atoms with Crippen LogP contribution >= 0.6 is 34.3 Å². The molecule has 0 radical (unpaired) electrons. The topological polar surface area (TPSA) is 54.2 Å². The molecule has 4 nitrogen and oxygen atoms in total. The van der Waals surface area contributed by atoms with Crippen molar-refractivity contribution in [3.8, 4) is 10.6 Å². The van der Waals surface area contributed by atoms with Gasteiger partial charge < -0.3 is 16.0 Å². The summed E-state index contributed by atoms with van der Waals surface area (Å²) in [4.78, 5) is 8.05. The highest BCUT2D eigenvalue weighted by atomic mass is 35.5. The molecule has 0 spiro atoms. The summed E-state index contributed by atoms with van der Waals surface area (Å²) in [6.45, 7) is 3.31. The smallest absolute Gasteiger partial charge is 0.182 e. The lowest BCUT2D eigenvalue weighted by Gasteiger charge is -2.18. The first-order valence-corrected chi connectivity index (χ1v) is 8.77. The van der Waals surface area contributed by atoms with E-state index < -0.39 is 0 Å². The lowest BCUT2D eigenvalue weighted by molar-refractivity contribution is 0.556. The third-order valence-corrected chi connectivity index (χ3v) is 6.31. The molecule has 2 saturated heterocycles. The molecule has 4 heterocycles. The first kappa shape index (κ1) is 12.9. The van der Waals surface area contributed by atoms with E-state index in [0.717, 1.165) is 41.1 Å². The normalized spacial score (nSPS) is 25.4. The van der Waals surface area contributed by atoms with E-state index in [0.29, 0.717) is 11.2 Å². The fourth-order valence-electron chi connectivity index (χ4n) is 3.16. The number of fused-ring (bicyclic) bond motifs is 1. The molecule has 0 amide bonds. The monoisotopic (exact) mass is 326 g/mol. The second-order valence-electron chi connectivity index (χ2n) is 5.35. The van der Waals surface area contributed by atoms with E-state index in [1.165, 1.54) is 11.4 Å². The van der Waals surface area contributed by atoms with Crippen LogP contribution in [0.25, 0.3) is 10.6 Å². The van der Waals surface area contributed by atoms with Crippen molar-refractivity contribution in [1.82, 2.24) is 10.3 Å². The van der Waals surface area contributed by atoms with Gasteiger partial charge in [-0.3, -0.25) is 0 Å². The standard InChI is InChI=1S/C13H15ClN4S2/c14-8-3-10(19-6-8)11-12(20-13(15)17-11)18-4-7-1-2-16-9(7)5-18/h3,6-7,9,16H,1-2,4-5H2,(H2,15,17). The minimum Gasteiger partial charge on any atom is -0.375 e. The molecule has 7 heteroatoms. The maximum absolute atomic E-state index is 6.04. The highest BCUT2D eigenvalue weighted by Gasteiger charge is 2.37. The number of nitrogens with zero attached hydrogens (tertiary/aromatic N) is 2. The van der Waals surface area contributed by atoms with Crippen LogP contribution in [-0.4, -0.2) is 30.7 Å². The quantitative estimate of drug-likeness (QED) is 0.891. The molecule has 2 unspecified atom stereocenters. The molecule has 0 aromatic carbocycles. The largest absolute Gasteiger partial charge is 0.375 e. The van der Waals surface area contributed by atoms with Crippen LogP contribution < -0.4 is 16.0 Å². The summed E-state index contributed by atoms with van der Waals surface area (Å²) in [7, 11) is 0. The number of hydrogen-bond acceptors (Lipinski definition) is 6. The average Bonchev–Trinajstić information content (AvgIpc) is 3.09. The number of hydrogen-bond donors (Lipinski definition) is 2. The lowest BCUT2D eigenvalue weighted by atomic mass is 10.1. The number of nitrogens with two attached hydrogens (primary N) is 1. The number of rotatable bonds is 2. The molecule has 0 bridgehead atoms. The molecule has 2 aromatic rings. The predicted octanol–water partition coefficient (Wildman–Crippen LogP) is 2.91. The Morgan fingerprint density at radius 1 is 1.45 bits per heavy atom. The number of halogens is 1. The molecule has 4 rings (SSSR count). The molecule has 2 aliphatic heterocycles. The molecule has 0 aliphatic carbocycles. The van der Waals surface area contributed by atoms with E-state index >= 15 is 0 Å². The van der Waals surface area contributed by atoms with Crippen LogP contribution in [-0.2, 0) is 0 Å². The molecule has 2 atom stereocenters. The summed E-state index contributed by atoms with van der Waals surface area (Å²) in [6.07, 6.45) is 1.27. The minimum absolute atomic E-state index is 0.623. The van der Waals surface area contributed by atoms with Crippen molar-refractivity contribution in [2.24, 2.45) is 5.92 Å². The molecule has 2 aliphatic rings. The van der Waals surface area contributed by atoms with E-state index in [1.807, 2.05) is 11.4 Å². The van der Waals surface area contributed by atoms with Gasteiger partial charge in [0.05, 0.1) is 9.90 Å². The summed E-state index contributed by atoms with van der Waals surface area (Å²) in [5.74, 6) is 0.762. The van der Waals surface area contributed by atoms with Crippen LogP contribution in [0.3, 0.4) is 0 Å². The Labute approximate surface area is 130 Å². The van der Waals surface area contributed by atoms with E-state index in [-0.39, 0.29) is 0 Å². The van der Waals surface area contributed by atoms with Gasteiger partial charge in [0.1, 0.15) is 10.7 Å². The number of thiophene rings is 1. The summed E-state index contributed by atoms with van der Waals surface area (Å²) >= 11 is 9.25. The molecule has 20 heavy (non-hydrogen) atoms. The van der Waals surface area contributed by atoms with Crippen LogP contribution in [0, 0.1) is 5.92 Å². The van der Waals surface area contributed by atoms with Gasteiger partial charge in [-0.15, -0.1) is 11.3 Å². The Kier molecular flexibility index (Phi) is 3.14. The van der Waals surface area contributed by atoms with Gasteiger partial charge in [0, 0.05) is 24.5 Å². The summed E-state index contributed by atoms with van der Waals surface area (Å²) in [5.41, 5.74) is 6.93. The van der Waals surface area contributed by atoms with Crippen LogP contribution in [0.15, 0.2) is 11.4 Å². The third kappa shape index (κ3) is 2.11. The molecular formula is C13H15ClN4S2. The second kappa shape index (κ2) is 4.87. The molecule has 106 valence electrons. The van der Waals surface area contributed by atoms with Crippen molar-refractivity contribution < 1.29 is 0 Å². The Bertz CT molecular complexity index is 626. The van der Waals surface area contributed by atoms with Crippen molar-refractivity contribution in [2.75, 3.05) is 30.3 Å². The summed E-state index contributed by atoms with van der Waals surface area (Å²) in [6, 6.07) is 2.59. The lowest BCUT2D eigenvalue weighted by Crippen LogP contribution is -2.29. The third-order valence-electron chi connectivity index (χ3n) is 4.08. The van der Waals surface area contributed by atoms with Gasteiger partial charge in [-0.1, -0.05) is 22.9 Å². The zero-order valence-corrected chi connectivity index (χ0v) is 13.2. The van der Waals surface area contributed by atoms with Crippen molar-refractivity contribution in [1.29, 1.82) is 0 Å². The average molecular weight is 327 g/mol. The maximum atomic E-state index is 6.04. The van der Waals surface area contributed by atoms with E-state index in [1.54, 1.807) is 22.7 Å². The number of aromatic nitrogens is 1. The zero-order valence-electron chi connectivity index (χ0n) is 10.8. The van der Waals surface area contributed by atoms with E-state index in [9.17, 15) is 0 Å². The van der Waals surface area contributed by atoms with Gasteiger partial charge in [0.2, 0.25) is 0 Å². The highest BCUT2D eigenvalue weighted by molar-refractivity contribution is 7.20. The van der Waals surface area contributed by atoms with Crippen molar-refractivity contribution >= 4 is 44.4 Å². The van der Waals surface area contributed by atoms with Gasteiger partial charge in [0.25, 0.3) is 0 Å².